The second kappa shape index (κ2) is 7.83. The molecule has 0 spiro atoms. The summed E-state index contributed by atoms with van der Waals surface area (Å²) < 4.78 is 0. The van der Waals surface area contributed by atoms with Crippen LogP contribution in [-0.4, -0.2) is 23.5 Å². The van der Waals surface area contributed by atoms with Gasteiger partial charge in [0.15, 0.2) is 0 Å². The molecule has 114 valence electrons. The van der Waals surface area contributed by atoms with Gasteiger partial charge in [-0.1, -0.05) is 42.5 Å². The van der Waals surface area contributed by atoms with Crippen LogP contribution >= 0.6 is 0 Å². The van der Waals surface area contributed by atoms with Crippen molar-refractivity contribution in [3.05, 3.63) is 65.7 Å². The van der Waals surface area contributed by atoms with Gasteiger partial charge in [-0.3, -0.25) is 9.59 Å². The van der Waals surface area contributed by atoms with Crippen LogP contribution in [0.15, 0.2) is 54.6 Å². The minimum atomic E-state index is -0.644. The number of phenols is 1. The molecule has 0 saturated carbocycles. The molecule has 0 heterocycles. The van der Waals surface area contributed by atoms with E-state index in [0.717, 1.165) is 11.1 Å². The zero-order valence-electron chi connectivity index (χ0n) is 12.1. The first kappa shape index (κ1) is 15.6. The number of nitrogens with one attached hydrogen (secondary N) is 2. The van der Waals surface area contributed by atoms with Crippen molar-refractivity contribution >= 4 is 11.8 Å². The topological polar surface area (TPSA) is 78.4 Å². The number of aromatic hydroxyl groups is 1. The molecule has 2 aromatic carbocycles. The Kier molecular flexibility index (Phi) is 5.54. The van der Waals surface area contributed by atoms with Crippen molar-refractivity contribution in [1.82, 2.24) is 10.6 Å². The highest BCUT2D eigenvalue weighted by atomic mass is 16.3. The van der Waals surface area contributed by atoms with Gasteiger partial charge in [0.1, 0.15) is 5.75 Å². The van der Waals surface area contributed by atoms with Crippen molar-refractivity contribution in [2.24, 2.45) is 0 Å². The van der Waals surface area contributed by atoms with Gasteiger partial charge < -0.3 is 15.7 Å². The van der Waals surface area contributed by atoms with Gasteiger partial charge >= 0.3 is 11.8 Å². The molecule has 0 aliphatic rings. The largest absolute Gasteiger partial charge is 0.508 e. The highest BCUT2D eigenvalue weighted by Gasteiger charge is 2.11. The number of hydrogen-bond donors (Lipinski definition) is 3. The molecule has 5 nitrogen and oxygen atoms in total. The predicted molar refractivity (Wildman–Crippen MR) is 83.1 cm³/mol. The van der Waals surface area contributed by atoms with Gasteiger partial charge in [0.05, 0.1) is 0 Å². The molecule has 0 aliphatic heterocycles. The fraction of sp³-hybridized carbons (Fsp3) is 0.176. The minimum absolute atomic E-state index is 0.202. The number of carbonyl (C=O) groups is 2. The van der Waals surface area contributed by atoms with Gasteiger partial charge in [-0.05, 0) is 29.7 Å². The van der Waals surface area contributed by atoms with E-state index in [-0.39, 0.29) is 5.75 Å². The van der Waals surface area contributed by atoms with Crippen LogP contribution in [0.4, 0.5) is 0 Å². The van der Waals surface area contributed by atoms with Gasteiger partial charge in [-0.15, -0.1) is 0 Å². The second-order valence-electron chi connectivity index (χ2n) is 4.84. The van der Waals surface area contributed by atoms with Gasteiger partial charge in [0.2, 0.25) is 0 Å². The monoisotopic (exact) mass is 298 g/mol. The Labute approximate surface area is 129 Å². The summed E-state index contributed by atoms with van der Waals surface area (Å²) in [6.07, 6.45) is 0.595. The maximum atomic E-state index is 11.6. The number of rotatable bonds is 5. The fourth-order valence-corrected chi connectivity index (χ4v) is 1.92. The van der Waals surface area contributed by atoms with Crippen LogP contribution in [0.2, 0.25) is 0 Å². The van der Waals surface area contributed by atoms with E-state index in [4.69, 9.17) is 0 Å². The Morgan fingerprint density at radius 1 is 0.818 bits per heavy atom. The molecule has 2 amide bonds. The highest BCUT2D eigenvalue weighted by molar-refractivity contribution is 6.35. The first-order valence-electron chi connectivity index (χ1n) is 7.03. The maximum Gasteiger partial charge on any atom is 0.309 e. The Bertz CT molecular complexity index is 624. The third kappa shape index (κ3) is 4.94. The number of phenolic OH excluding ortho intramolecular Hbond substituents is 1. The molecule has 3 N–H and O–H groups in total. The number of hydrogen-bond acceptors (Lipinski definition) is 3. The van der Waals surface area contributed by atoms with Crippen LogP contribution < -0.4 is 10.6 Å². The molecular weight excluding hydrogens is 280 g/mol. The Morgan fingerprint density at radius 3 is 2.14 bits per heavy atom. The lowest BCUT2D eigenvalue weighted by molar-refractivity contribution is -0.139. The van der Waals surface area contributed by atoms with E-state index in [2.05, 4.69) is 10.6 Å². The van der Waals surface area contributed by atoms with Gasteiger partial charge in [0, 0.05) is 13.1 Å². The van der Waals surface area contributed by atoms with Crippen LogP contribution in [0.25, 0.3) is 0 Å². The molecule has 0 atom stereocenters. The first-order valence-corrected chi connectivity index (χ1v) is 7.03. The van der Waals surface area contributed by atoms with Crippen molar-refractivity contribution in [3.8, 4) is 5.75 Å². The number of benzene rings is 2. The van der Waals surface area contributed by atoms with Crippen molar-refractivity contribution in [1.29, 1.82) is 0 Å². The van der Waals surface area contributed by atoms with Gasteiger partial charge in [0.25, 0.3) is 0 Å². The zero-order valence-corrected chi connectivity index (χ0v) is 12.1. The molecule has 0 unspecified atom stereocenters. The third-order valence-corrected chi connectivity index (χ3v) is 3.14. The van der Waals surface area contributed by atoms with Gasteiger partial charge in [-0.2, -0.15) is 0 Å². The average molecular weight is 298 g/mol. The normalized spacial score (nSPS) is 10.0. The quantitative estimate of drug-likeness (QED) is 0.729. The van der Waals surface area contributed by atoms with E-state index in [9.17, 15) is 14.7 Å². The third-order valence-electron chi connectivity index (χ3n) is 3.14. The summed E-state index contributed by atoms with van der Waals surface area (Å²) in [5.74, 6) is -1.09. The molecule has 2 aromatic rings. The summed E-state index contributed by atoms with van der Waals surface area (Å²) >= 11 is 0. The van der Waals surface area contributed by atoms with E-state index in [1.54, 1.807) is 24.3 Å². The molecule has 0 fully saturated rings. The molecule has 22 heavy (non-hydrogen) atoms. The molecule has 0 bridgehead atoms. The summed E-state index contributed by atoms with van der Waals surface area (Å²) in [6, 6.07) is 16.1. The highest BCUT2D eigenvalue weighted by Crippen LogP contribution is 2.09. The summed E-state index contributed by atoms with van der Waals surface area (Å²) in [6.45, 7) is 0.688. The Balaban J connectivity index is 1.70. The molecule has 0 aliphatic carbocycles. The summed E-state index contributed by atoms with van der Waals surface area (Å²) in [4.78, 5) is 23.3. The SMILES string of the molecule is O=C(NCCc1ccc(O)cc1)C(=O)NCc1ccccc1. The lowest BCUT2D eigenvalue weighted by Crippen LogP contribution is -2.40. The Hall–Kier alpha value is -2.82. The maximum absolute atomic E-state index is 11.6. The summed E-state index contributed by atoms with van der Waals surface area (Å²) in [5, 5.41) is 14.3. The standard InChI is InChI=1S/C17H18N2O3/c20-15-8-6-13(7-9-15)10-11-18-16(21)17(22)19-12-14-4-2-1-3-5-14/h1-9,20H,10-12H2,(H,18,21)(H,19,22). The molecular formula is C17H18N2O3. The van der Waals surface area contributed by atoms with Crippen molar-refractivity contribution < 1.29 is 14.7 Å². The van der Waals surface area contributed by atoms with E-state index < -0.39 is 11.8 Å². The molecule has 0 saturated heterocycles. The number of amides is 2. The fourth-order valence-electron chi connectivity index (χ4n) is 1.92. The first-order chi connectivity index (χ1) is 10.6. The van der Waals surface area contributed by atoms with E-state index in [1.165, 1.54) is 0 Å². The lowest BCUT2D eigenvalue weighted by atomic mass is 10.1. The van der Waals surface area contributed by atoms with Crippen LogP contribution in [0.1, 0.15) is 11.1 Å². The molecule has 2 rings (SSSR count). The van der Waals surface area contributed by atoms with Crippen molar-refractivity contribution in [2.75, 3.05) is 6.54 Å². The zero-order chi connectivity index (χ0) is 15.8. The second-order valence-corrected chi connectivity index (χ2v) is 4.84. The summed E-state index contributed by atoms with van der Waals surface area (Å²) in [5.41, 5.74) is 1.91. The molecule has 0 aromatic heterocycles. The van der Waals surface area contributed by atoms with Crippen LogP contribution in [0.3, 0.4) is 0 Å². The number of carbonyl (C=O) groups excluding carboxylic acids is 2. The van der Waals surface area contributed by atoms with Crippen molar-refractivity contribution in [3.63, 3.8) is 0 Å². The van der Waals surface area contributed by atoms with Crippen molar-refractivity contribution in [2.45, 2.75) is 13.0 Å². The molecule has 0 radical (unpaired) electrons. The van der Waals surface area contributed by atoms with Gasteiger partial charge in [-0.25, -0.2) is 0 Å². The van der Waals surface area contributed by atoms with Crippen LogP contribution in [0.5, 0.6) is 5.75 Å². The van der Waals surface area contributed by atoms with E-state index in [0.29, 0.717) is 19.5 Å². The minimum Gasteiger partial charge on any atom is -0.508 e. The average Bonchev–Trinajstić information content (AvgIpc) is 2.55. The predicted octanol–water partition coefficient (Wildman–Crippen LogP) is 1.37. The van der Waals surface area contributed by atoms with E-state index >= 15 is 0 Å². The smallest absolute Gasteiger partial charge is 0.309 e. The van der Waals surface area contributed by atoms with Crippen LogP contribution in [0, 0.1) is 0 Å². The summed E-state index contributed by atoms with van der Waals surface area (Å²) in [7, 11) is 0. The lowest BCUT2D eigenvalue weighted by Gasteiger charge is -2.07. The Morgan fingerprint density at radius 2 is 1.45 bits per heavy atom. The molecule has 5 heteroatoms. The van der Waals surface area contributed by atoms with Crippen LogP contribution in [-0.2, 0) is 22.6 Å². The van der Waals surface area contributed by atoms with E-state index in [1.807, 2.05) is 30.3 Å².